The van der Waals surface area contributed by atoms with Crippen molar-refractivity contribution in [2.24, 2.45) is 34.5 Å². The number of hydrogen-bond donors (Lipinski definition) is 2. The van der Waals surface area contributed by atoms with E-state index >= 15 is 0 Å². The third-order valence-corrected chi connectivity index (χ3v) is 6.74. The minimum atomic E-state index is -1.04. The topological polar surface area (TPSA) is 101 Å². The fourth-order valence-electron chi connectivity index (χ4n) is 5.85. The number of carboxylic acid groups (broad SMARTS) is 2. The second-order valence-corrected chi connectivity index (χ2v) is 7.76. The molecule has 0 aromatic heterocycles. The van der Waals surface area contributed by atoms with Gasteiger partial charge < -0.3 is 14.9 Å². The van der Waals surface area contributed by atoms with E-state index in [1.54, 1.807) is 0 Å². The highest BCUT2D eigenvalue weighted by molar-refractivity contribution is 5.80. The summed E-state index contributed by atoms with van der Waals surface area (Å²) in [6, 6.07) is 0. The Morgan fingerprint density at radius 2 is 1.91 bits per heavy atom. The fourth-order valence-corrected chi connectivity index (χ4v) is 5.85. The zero-order valence-electron chi connectivity index (χ0n) is 12.8. The molecule has 3 fully saturated rings. The Bertz CT molecular complexity index is 527. The average Bonchev–Trinajstić information content (AvgIpc) is 2.90. The lowest BCUT2D eigenvalue weighted by molar-refractivity contribution is -0.180. The first kappa shape index (κ1) is 15.3. The summed E-state index contributed by atoms with van der Waals surface area (Å²) in [5.41, 5.74) is -0.555. The molecule has 0 heterocycles. The predicted octanol–water partition coefficient (Wildman–Crippen LogP) is 1.78. The van der Waals surface area contributed by atoms with Crippen LogP contribution in [0.5, 0.6) is 0 Å². The maximum absolute atomic E-state index is 11.7. The predicted molar refractivity (Wildman–Crippen MR) is 74.9 cm³/mol. The van der Waals surface area contributed by atoms with Gasteiger partial charge in [-0.25, -0.2) is 0 Å². The van der Waals surface area contributed by atoms with E-state index in [0.29, 0.717) is 25.7 Å². The molecule has 6 nitrogen and oxygen atoms in total. The van der Waals surface area contributed by atoms with Crippen molar-refractivity contribution in [1.29, 1.82) is 0 Å². The van der Waals surface area contributed by atoms with Crippen LogP contribution < -0.4 is 0 Å². The third kappa shape index (κ3) is 1.75. The smallest absolute Gasteiger partial charge is 0.307 e. The normalized spacial score (nSPS) is 45.1. The number of hydrogen-bond acceptors (Lipinski definition) is 4. The lowest BCUT2D eigenvalue weighted by Gasteiger charge is -2.52. The average molecular weight is 310 g/mol. The van der Waals surface area contributed by atoms with Gasteiger partial charge in [0.2, 0.25) is 0 Å². The Morgan fingerprint density at radius 3 is 2.45 bits per heavy atom. The first-order chi connectivity index (χ1) is 10.3. The Kier molecular flexibility index (Phi) is 3.27. The monoisotopic (exact) mass is 310 g/mol. The van der Waals surface area contributed by atoms with Crippen molar-refractivity contribution in [2.75, 3.05) is 0 Å². The van der Waals surface area contributed by atoms with E-state index in [-0.39, 0.29) is 28.8 Å². The highest BCUT2D eigenvalue weighted by atomic mass is 16.5. The number of carbonyl (C=O) groups is 3. The number of carbonyl (C=O) groups excluding carboxylic acids is 1. The summed E-state index contributed by atoms with van der Waals surface area (Å²) in [7, 11) is 0. The molecule has 0 radical (unpaired) electrons. The number of ether oxygens (including phenoxy) is 1. The SMILES string of the molecule is CC1(C)[C@H]2C[C@@H]3[C@H](C(=O)O)[C@H](C(=O)O)CC[C@@]3(C2)[C@@H]1OC=O. The lowest BCUT2D eigenvalue weighted by Crippen LogP contribution is -2.55. The molecule has 0 saturated heterocycles. The highest BCUT2D eigenvalue weighted by Crippen LogP contribution is 2.71. The Hall–Kier alpha value is -1.59. The molecule has 0 aromatic carbocycles. The first-order valence-electron chi connectivity index (χ1n) is 7.80. The van der Waals surface area contributed by atoms with Gasteiger partial charge in [0, 0.05) is 10.8 Å². The molecular formula is C16H22O6. The van der Waals surface area contributed by atoms with Crippen LogP contribution in [0, 0.1) is 34.5 Å². The van der Waals surface area contributed by atoms with Crippen molar-refractivity contribution in [3.8, 4) is 0 Å². The molecule has 6 heteroatoms. The molecule has 0 aliphatic heterocycles. The minimum Gasteiger partial charge on any atom is -0.481 e. The van der Waals surface area contributed by atoms with Crippen LogP contribution in [0.3, 0.4) is 0 Å². The molecule has 122 valence electrons. The molecule has 1 spiro atoms. The maximum atomic E-state index is 11.7. The van der Waals surface area contributed by atoms with Crippen molar-refractivity contribution in [2.45, 2.75) is 45.6 Å². The Morgan fingerprint density at radius 1 is 1.23 bits per heavy atom. The van der Waals surface area contributed by atoms with Crippen LogP contribution in [0.15, 0.2) is 0 Å². The van der Waals surface area contributed by atoms with Crippen LogP contribution >= 0.6 is 0 Å². The van der Waals surface area contributed by atoms with Crippen LogP contribution in [0.2, 0.25) is 0 Å². The Balaban J connectivity index is 2.02. The standard InChI is InChI=1S/C16H22O6/c1-15(2)8-5-10-11(13(20)21)9(12(18)19)3-4-16(10,6-8)14(15)22-7-17/h7-11,14H,3-6H2,1-2H3,(H,18,19)(H,20,21)/t8-,9+,10+,11+,14+,16-/m0/s1. The van der Waals surface area contributed by atoms with E-state index < -0.39 is 23.8 Å². The Labute approximate surface area is 128 Å². The van der Waals surface area contributed by atoms with Crippen LogP contribution in [0.4, 0.5) is 0 Å². The molecule has 0 aromatic rings. The zero-order valence-corrected chi connectivity index (χ0v) is 12.8. The van der Waals surface area contributed by atoms with Gasteiger partial charge in [-0.3, -0.25) is 14.4 Å². The number of aliphatic carboxylic acids is 2. The lowest BCUT2D eigenvalue weighted by atomic mass is 9.53. The zero-order chi connectivity index (χ0) is 16.3. The van der Waals surface area contributed by atoms with Crippen molar-refractivity contribution in [3.05, 3.63) is 0 Å². The van der Waals surface area contributed by atoms with Crippen molar-refractivity contribution >= 4 is 18.4 Å². The van der Waals surface area contributed by atoms with Gasteiger partial charge in [0.1, 0.15) is 6.10 Å². The molecule has 2 N–H and O–H groups in total. The van der Waals surface area contributed by atoms with Crippen LogP contribution in [0.25, 0.3) is 0 Å². The van der Waals surface area contributed by atoms with E-state index in [0.717, 1.165) is 6.42 Å². The molecule has 3 saturated carbocycles. The first-order valence-corrected chi connectivity index (χ1v) is 7.80. The van der Waals surface area contributed by atoms with E-state index in [4.69, 9.17) is 4.74 Å². The van der Waals surface area contributed by atoms with Gasteiger partial charge in [-0.15, -0.1) is 0 Å². The summed E-state index contributed by atoms with van der Waals surface area (Å²) < 4.78 is 5.42. The van der Waals surface area contributed by atoms with Gasteiger partial charge in [0.25, 0.3) is 6.47 Å². The summed E-state index contributed by atoms with van der Waals surface area (Å²) in [5, 5.41) is 19.0. The summed E-state index contributed by atoms with van der Waals surface area (Å²) in [5.74, 6) is -3.74. The largest absolute Gasteiger partial charge is 0.481 e. The van der Waals surface area contributed by atoms with Crippen molar-refractivity contribution < 1.29 is 29.3 Å². The molecule has 0 amide bonds. The van der Waals surface area contributed by atoms with Gasteiger partial charge in [-0.05, 0) is 37.5 Å². The molecule has 6 atom stereocenters. The van der Waals surface area contributed by atoms with E-state index in [1.165, 1.54) is 0 Å². The van der Waals surface area contributed by atoms with Crippen LogP contribution in [0.1, 0.15) is 39.5 Å². The number of fused-ring (bicyclic) bond motifs is 1. The molecule has 2 bridgehead atoms. The van der Waals surface area contributed by atoms with Gasteiger partial charge in [0.15, 0.2) is 0 Å². The van der Waals surface area contributed by atoms with Crippen molar-refractivity contribution in [1.82, 2.24) is 0 Å². The summed E-state index contributed by atoms with van der Waals surface area (Å²) in [6.45, 7) is 4.59. The van der Waals surface area contributed by atoms with E-state index in [2.05, 4.69) is 13.8 Å². The summed E-state index contributed by atoms with van der Waals surface area (Å²) in [6.07, 6.45) is 2.19. The maximum Gasteiger partial charge on any atom is 0.307 e. The quantitative estimate of drug-likeness (QED) is 0.768. The van der Waals surface area contributed by atoms with Gasteiger partial charge in [-0.2, -0.15) is 0 Å². The van der Waals surface area contributed by atoms with E-state index in [9.17, 15) is 24.6 Å². The molecule has 3 aliphatic rings. The highest BCUT2D eigenvalue weighted by Gasteiger charge is 2.71. The second kappa shape index (κ2) is 4.70. The minimum absolute atomic E-state index is 0.184. The van der Waals surface area contributed by atoms with Gasteiger partial charge >= 0.3 is 11.9 Å². The molecule has 0 unspecified atom stereocenters. The number of carboxylic acids is 2. The summed E-state index contributed by atoms with van der Waals surface area (Å²) in [4.78, 5) is 34.1. The summed E-state index contributed by atoms with van der Waals surface area (Å²) >= 11 is 0. The van der Waals surface area contributed by atoms with Gasteiger partial charge in [-0.1, -0.05) is 13.8 Å². The molecule has 3 aliphatic carbocycles. The number of rotatable bonds is 4. The van der Waals surface area contributed by atoms with Crippen LogP contribution in [-0.2, 0) is 19.1 Å². The molecular weight excluding hydrogens is 288 g/mol. The van der Waals surface area contributed by atoms with Crippen LogP contribution in [-0.4, -0.2) is 34.7 Å². The van der Waals surface area contributed by atoms with E-state index in [1.807, 2.05) is 0 Å². The van der Waals surface area contributed by atoms with Crippen molar-refractivity contribution in [3.63, 3.8) is 0 Å². The molecule has 22 heavy (non-hydrogen) atoms. The third-order valence-electron chi connectivity index (χ3n) is 6.74. The fraction of sp³-hybridized carbons (Fsp3) is 0.812. The second-order valence-electron chi connectivity index (χ2n) is 7.76. The molecule has 3 rings (SSSR count). The van der Waals surface area contributed by atoms with Gasteiger partial charge in [0.05, 0.1) is 11.8 Å².